The number of hydrogen-bond donors (Lipinski definition) is 2. The fourth-order valence-electron chi connectivity index (χ4n) is 0.964. The van der Waals surface area contributed by atoms with Crippen molar-refractivity contribution in [1.82, 2.24) is 5.32 Å². The third-order valence-corrected chi connectivity index (χ3v) is 2.07. The molecule has 0 radical (unpaired) electrons. The molecule has 94 valence electrons. The molecule has 1 amide bonds. The van der Waals surface area contributed by atoms with Crippen LogP contribution in [0.3, 0.4) is 0 Å². The van der Waals surface area contributed by atoms with Gasteiger partial charge in [0, 0.05) is 7.05 Å². The third kappa shape index (κ3) is 4.05. The number of alkyl halides is 3. The van der Waals surface area contributed by atoms with Crippen molar-refractivity contribution in [3.05, 3.63) is 0 Å². The first-order chi connectivity index (χ1) is 7.13. The predicted octanol–water partition coefficient (Wildman–Crippen LogP) is 0.750. The van der Waals surface area contributed by atoms with Crippen molar-refractivity contribution in [2.45, 2.75) is 19.7 Å². The van der Waals surface area contributed by atoms with E-state index in [1.807, 2.05) is 0 Å². The van der Waals surface area contributed by atoms with Crippen LogP contribution in [0, 0.1) is 5.41 Å². The van der Waals surface area contributed by atoms with Crippen molar-refractivity contribution in [3.63, 3.8) is 0 Å². The van der Waals surface area contributed by atoms with Gasteiger partial charge >= 0.3 is 12.3 Å². The maximum Gasteiger partial charge on any atom is 0.522 e. The van der Waals surface area contributed by atoms with E-state index in [1.165, 1.54) is 7.05 Å². The minimum Gasteiger partial charge on any atom is -0.480 e. The lowest BCUT2D eigenvalue weighted by Crippen LogP contribution is -2.44. The number of carboxylic acids is 1. The lowest BCUT2D eigenvalue weighted by molar-refractivity contribution is -0.325. The molecule has 0 aromatic carbocycles. The molecule has 1 atom stereocenters. The van der Waals surface area contributed by atoms with Crippen molar-refractivity contribution < 1.29 is 32.6 Å². The van der Waals surface area contributed by atoms with Crippen LogP contribution in [-0.2, 0) is 14.3 Å². The van der Waals surface area contributed by atoms with Gasteiger partial charge in [0.1, 0.15) is 5.41 Å². The van der Waals surface area contributed by atoms with Gasteiger partial charge in [-0.15, -0.1) is 13.2 Å². The molecule has 0 spiro atoms. The van der Waals surface area contributed by atoms with Gasteiger partial charge in [0.05, 0.1) is 6.61 Å². The van der Waals surface area contributed by atoms with Crippen LogP contribution in [0.2, 0.25) is 0 Å². The molecule has 0 aliphatic heterocycles. The SMILES string of the molecule is CNC(=O)C(C)(CCOC(F)(F)F)C(=O)O. The molecule has 0 aromatic heterocycles. The molecule has 0 bridgehead atoms. The summed E-state index contributed by atoms with van der Waals surface area (Å²) in [7, 11) is 1.20. The second-order valence-electron chi connectivity index (χ2n) is 3.26. The van der Waals surface area contributed by atoms with Crippen molar-refractivity contribution in [3.8, 4) is 0 Å². The van der Waals surface area contributed by atoms with E-state index in [4.69, 9.17) is 5.11 Å². The van der Waals surface area contributed by atoms with E-state index in [0.717, 1.165) is 6.92 Å². The topological polar surface area (TPSA) is 75.6 Å². The van der Waals surface area contributed by atoms with E-state index >= 15 is 0 Å². The Labute approximate surface area is 89.6 Å². The fourth-order valence-corrected chi connectivity index (χ4v) is 0.964. The average molecular weight is 243 g/mol. The van der Waals surface area contributed by atoms with E-state index in [-0.39, 0.29) is 0 Å². The largest absolute Gasteiger partial charge is 0.522 e. The summed E-state index contributed by atoms with van der Waals surface area (Å²) in [5.74, 6) is -2.37. The quantitative estimate of drug-likeness (QED) is 0.698. The Morgan fingerprint density at radius 2 is 1.88 bits per heavy atom. The highest BCUT2D eigenvalue weighted by molar-refractivity contribution is 6.01. The van der Waals surface area contributed by atoms with Crippen molar-refractivity contribution in [1.29, 1.82) is 0 Å². The van der Waals surface area contributed by atoms with Crippen LogP contribution in [0.25, 0.3) is 0 Å². The molecule has 0 saturated heterocycles. The molecule has 16 heavy (non-hydrogen) atoms. The molecule has 5 nitrogen and oxygen atoms in total. The minimum absolute atomic E-state index is 0.568. The maximum absolute atomic E-state index is 11.6. The highest BCUT2D eigenvalue weighted by atomic mass is 19.4. The Morgan fingerprint density at radius 3 is 2.19 bits per heavy atom. The standard InChI is InChI=1S/C8H12F3NO4/c1-7(6(14)15,5(13)12-2)3-4-16-8(9,10)11/h3-4H2,1-2H3,(H,12,13)(H,14,15). The Kier molecular flexibility index (Phi) is 4.73. The highest BCUT2D eigenvalue weighted by Gasteiger charge is 2.41. The summed E-state index contributed by atoms with van der Waals surface area (Å²) in [6.45, 7) is 0.146. The van der Waals surface area contributed by atoms with Crippen LogP contribution < -0.4 is 5.32 Å². The van der Waals surface area contributed by atoms with Gasteiger partial charge in [-0.1, -0.05) is 0 Å². The second kappa shape index (κ2) is 5.15. The first-order valence-electron chi connectivity index (χ1n) is 4.30. The number of halogens is 3. The number of rotatable bonds is 5. The van der Waals surface area contributed by atoms with Gasteiger partial charge in [-0.2, -0.15) is 0 Å². The zero-order valence-electron chi connectivity index (χ0n) is 8.72. The number of carbonyl (C=O) groups is 2. The number of hydrogen-bond acceptors (Lipinski definition) is 3. The van der Waals surface area contributed by atoms with E-state index in [9.17, 15) is 22.8 Å². The summed E-state index contributed by atoms with van der Waals surface area (Å²) in [6.07, 6.45) is -5.40. The summed E-state index contributed by atoms with van der Waals surface area (Å²) in [4.78, 5) is 22.0. The summed E-state index contributed by atoms with van der Waals surface area (Å²) in [5, 5.41) is 10.8. The molecule has 0 rings (SSSR count). The van der Waals surface area contributed by atoms with Crippen LogP contribution in [-0.4, -0.2) is 37.0 Å². The van der Waals surface area contributed by atoms with Crippen LogP contribution in [0.1, 0.15) is 13.3 Å². The minimum atomic E-state index is -4.83. The first kappa shape index (κ1) is 14.7. The third-order valence-electron chi connectivity index (χ3n) is 2.07. The highest BCUT2D eigenvalue weighted by Crippen LogP contribution is 2.24. The molecule has 0 fully saturated rings. The van der Waals surface area contributed by atoms with Crippen LogP contribution in [0.15, 0.2) is 0 Å². The molecule has 0 aromatic rings. The molecular formula is C8H12F3NO4. The zero-order valence-corrected chi connectivity index (χ0v) is 8.72. The van der Waals surface area contributed by atoms with E-state index < -0.39 is 36.7 Å². The van der Waals surface area contributed by atoms with Gasteiger partial charge in [0.2, 0.25) is 5.91 Å². The molecule has 0 saturated carbocycles. The van der Waals surface area contributed by atoms with E-state index in [1.54, 1.807) is 0 Å². The Balaban J connectivity index is 4.48. The van der Waals surface area contributed by atoms with Gasteiger partial charge in [-0.05, 0) is 13.3 Å². The van der Waals surface area contributed by atoms with E-state index in [0.29, 0.717) is 0 Å². The normalized spacial score (nSPS) is 15.3. The summed E-state index contributed by atoms with van der Waals surface area (Å²) >= 11 is 0. The number of ether oxygens (including phenoxy) is 1. The van der Waals surface area contributed by atoms with Gasteiger partial charge in [-0.25, -0.2) is 0 Å². The van der Waals surface area contributed by atoms with Gasteiger partial charge in [0.25, 0.3) is 0 Å². The smallest absolute Gasteiger partial charge is 0.480 e. The number of carbonyl (C=O) groups excluding carboxylic acids is 1. The summed E-state index contributed by atoms with van der Waals surface area (Å²) in [5.41, 5.74) is -1.93. The maximum atomic E-state index is 11.6. The van der Waals surface area contributed by atoms with Crippen molar-refractivity contribution in [2.24, 2.45) is 5.41 Å². The van der Waals surface area contributed by atoms with Gasteiger partial charge in [-0.3, -0.25) is 14.3 Å². The molecular weight excluding hydrogens is 231 g/mol. The van der Waals surface area contributed by atoms with Crippen LogP contribution in [0.4, 0.5) is 13.2 Å². The van der Waals surface area contributed by atoms with Crippen molar-refractivity contribution in [2.75, 3.05) is 13.7 Å². The average Bonchev–Trinajstić information content (AvgIpc) is 2.13. The van der Waals surface area contributed by atoms with Gasteiger partial charge in [0.15, 0.2) is 0 Å². The molecule has 0 aliphatic carbocycles. The van der Waals surface area contributed by atoms with Gasteiger partial charge < -0.3 is 10.4 Å². The lowest BCUT2D eigenvalue weighted by Gasteiger charge is -2.22. The molecule has 8 heteroatoms. The molecule has 0 heterocycles. The Hall–Kier alpha value is -1.31. The number of amides is 1. The van der Waals surface area contributed by atoms with Crippen LogP contribution in [0.5, 0.6) is 0 Å². The fraction of sp³-hybridized carbons (Fsp3) is 0.750. The zero-order chi connectivity index (χ0) is 13.0. The van der Waals surface area contributed by atoms with Crippen molar-refractivity contribution >= 4 is 11.9 Å². The first-order valence-corrected chi connectivity index (χ1v) is 4.30. The molecule has 2 N–H and O–H groups in total. The Morgan fingerprint density at radius 1 is 1.38 bits per heavy atom. The summed E-state index contributed by atoms with van der Waals surface area (Å²) in [6, 6.07) is 0. The number of aliphatic carboxylic acids is 1. The number of carboxylic acid groups (broad SMARTS) is 1. The van der Waals surface area contributed by atoms with E-state index in [2.05, 4.69) is 10.1 Å². The molecule has 1 unspecified atom stereocenters. The van der Waals surface area contributed by atoms with Crippen LogP contribution >= 0.6 is 0 Å². The monoisotopic (exact) mass is 243 g/mol. The number of nitrogens with one attached hydrogen (secondary N) is 1. The second-order valence-corrected chi connectivity index (χ2v) is 3.26. The summed E-state index contributed by atoms with van der Waals surface area (Å²) < 4.78 is 38.4. The Bertz CT molecular complexity index is 279. The predicted molar refractivity (Wildman–Crippen MR) is 46.4 cm³/mol. The molecule has 0 aliphatic rings. The lowest BCUT2D eigenvalue weighted by atomic mass is 9.86.